The number of anilines is 4. The standard InChI is InChI=1S/C38H29N3/c39-25-29-10-5-7-15-34(29)41(30-12-2-1-3-13-30)36-23-19-28-16-20-31-35(22-18-27-17-21-32(36)38(28)37(27)31)40-24-8-11-26-9-4-6-14-33(26)40/h1-6,9-10,12-14,16-23H,7-8,11,15,24H2. The Kier molecular flexibility index (Phi) is 5.53. The smallest absolute Gasteiger partial charge is 0.101 e. The van der Waals surface area contributed by atoms with Crippen molar-refractivity contribution in [1.29, 1.82) is 5.26 Å². The Labute approximate surface area is 240 Å². The summed E-state index contributed by atoms with van der Waals surface area (Å²) in [4.78, 5) is 4.83. The van der Waals surface area contributed by atoms with E-state index in [2.05, 4.69) is 119 Å². The molecule has 0 radical (unpaired) electrons. The fourth-order valence-electron chi connectivity index (χ4n) is 6.99. The Hall–Kier alpha value is -5.07. The Balaban J connectivity index is 1.40. The summed E-state index contributed by atoms with van der Waals surface area (Å²) in [7, 11) is 0. The molecule has 1 aliphatic carbocycles. The van der Waals surface area contributed by atoms with Crippen LogP contribution in [0, 0.1) is 11.3 Å². The van der Waals surface area contributed by atoms with Crippen LogP contribution in [0.3, 0.4) is 0 Å². The third-order valence-corrected chi connectivity index (χ3v) is 8.81. The second kappa shape index (κ2) is 9.54. The Bertz CT molecular complexity index is 2040. The van der Waals surface area contributed by atoms with Crippen LogP contribution in [-0.4, -0.2) is 6.54 Å². The van der Waals surface area contributed by atoms with Gasteiger partial charge >= 0.3 is 0 Å². The van der Waals surface area contributed by atoms with Gasteiger partial charge in [0.25, 0.3) is 0 Å². The number of nitrogens with zero attached hydrogens (tertiary/aromatic N) is 3. The molecule has 6 aromatic carbocycles. The molecule has 6 aromatic rings. The number of para-hydroxylation sites is 2. The van der Waals surface area contributed by atoms with Gasteiger partial charge in [0.2, 0.25) is 0 Å². The lowest BCUT2D eigenvalue weighted by molar-refractivity contribution is 0.768. The van der Waals surface area contributed by atoms with E-state index >= 15 is 0 Å². The SMILES string of the molecule is N#CC1=C(N(c2ccccc2)c2ccc3ccc4c(N5CCCc6ccccc65)ccc5ccc2c3c54)CCC=C1. The van der Waals surface area contributed by atoms with Crippen LogP contribution in [0.4, 0.5) is 22.7 Å². The molecule has 3 nitrogen and oxygen atoms in total. The van der Waals surface area contributed by atoms with Crippen molar-refractivity contribution >= 4 is 55.1 Å². The summed E-state index contributed by atoms with van der Waals surface area (Å²) in [6.45, 7) is 1.02. The number of nitriles is 1. The molecule has 0 atom stereocenters. The maximum absolute atomic E-state index is 10.1. The first-order valence-corrected chi connectivity index (χ1v) is 14.5. The molecule has 0 N–H and O–H groups in total. The van der Waals surface area contributed by atoms with Crippen LogP contribution in [0.25, 0.3) is 32.3 Å². The van der Waals surface area contributed by atoms with Crippen LogP contribution in [0.2, 0.25) is 0 Å². The lowest BCUT2D eigenvalue weighted by Crippen LogP contribution is -2.24. The molecular weight excluding hydrogens is 498 g/mol. The minimum atomic E-state index is 0.733. The molecule has 0 fully saturated rings. The summed E-state index contributed by atoms with van der Waals surface area (Å²) in [5.74, 6) is 0. The van der Waals surface area contributed by atoms with Gasteiger partial charge in [0.05, 0.1) is 11.3 Å². The summed E-state index contributed by atoms with van der Waals surface area (Å²) in [6.07, 6.45) is 8.13. The molecule has 196 valence electrons. The maximum Gasteiger partial charge on any atom is 0.101 e. The van der Waals surface area contributed by atoms with Crippen molar-refractivity contribution in [2.24, 2.45) is 0 Å². The van der Waals surface area contributed by atoms with E-state index in [0.29, 0.717) is 0 Å². The average molecular weight is 528 g/mol. The van der Waals surface area contributed by atoms with E-state index < -0.39 is 0 Å². The first-order chi connectivity index (χ1) is 20.3. The first-order valence-electron chi connectivity index (χ1n) is 14.5. The van der Waals surface area contributed by atoms with Gasteiger partial charge in [-0.05, 0) is 89.2 Å². The number of fused-ring (bicyclic) bond motifs is 1. The molecule has 41 heavy (non-hydrogen) atoms. The van der Waals surface area contributed by atoms with Crippen molar-refractivity contribution in [3.63, 3.8) is 0 Å². The number of rotatable bonds is 4. The van der Waals surface area contributed by atoms with Gasteiger partial charge < -0.3 is 9.80 Å². The van der Waals surface area contributed by atoms with E-state index in [1.54, 1.807) is 0 Å². The highest BCUT2D eigenvalue weighted by molar-refractivity contribution is 6.27. The molecule has 0 aromatic heterocycles. The molecule has 0 saturated heterocycles. The minimum absolute atomic E-state index is 0.733. The minimum Gasteiger partial charge on any atom is -0.341 e. The molecule has 1 aliphatic heterocycles. The van der Waals surface area contributed by atoms with Crippen LogP contribution in [0.15, 0.2) is 127 Å². The number of benzene rings is 6. The number of aryl methyl sites for hydroxylation is 1. The first kappa shape index (κ1) is 23.8. The van der Waals surface area contributed by atoms with Crippen LogP contribution >= 0.6 is 0 Å². The van der Waals surface area contributed by atoms with Gasteiger partial charge in [-0.3, -0.25) is 0 Å². The molecular formula is C38H29N3. The summed E-state index contributed by atoms with van der Waals surface area (Å²) in [5, 5.41) is 17.7. The van der Waals surface area contributed by atoms with Gasteiger partial charge in [-0.25, -0.2) is 0 Å². The van der Waals surface area contributed by atoms with E-state index in [9.17, 15) is 5.26 Å². The van der Waals surface area contributed by atoms with E-state index in [1.807, 2.05) is 12.1 Å². The zero-order chi connectivity index (χ0) is 27.3. The van der Waals surface area contributed by atoms with Crippen LogP contribution in [-0.2, 0) is 6.42 Å². The number of hydrogen-bond donors (Lipinski definition) is 0. The summed E-state index contributed by atoms with van der Waals surface area (Å²) < 4.78 is 0. The predicted octanol–water partition coefficient (Wildman–Crippen LogP) is 9.93. The maximum atomic E-state index is 10.1. The quantitative estimate of drug-likeness (QED) is 0.214. The topological polar surface area (TPSA) is 30.3 Å². The van der Waals surface area contributed by atoms with Crippen molar-refractivity contribution in [1.82, 2.24) is 0 Å². The average Bonchev–Trinajstić information content (AvgIpc) is 3.04. The monoisotopic (exact) mass is 527 g/mol. The zero-order valence-corrected chi connectivity index (χ0v) is 22.8. The number of allylic oxidation sites excluding steroid dienone is 4. The van der Waals surface area contributed by atoms with Gasteiger partial charge in [0.1, 0.15) is 6.07 Å². The largest absolute Gasteiger partial charge is 0.341 e. The summed E-state index contributed by atoms with van der Waals surface area (Å²) in [6, 6.07) is 40.0. The molecule has 2 aliphatic rings. The molecule has 0 bridgehead atoms. The highest BCUT2D eigenvalue weighted by Crippen LogP contribution is 2.46. The van der Waals surface area contributed by atoms with Gasteiger partial charge in [-0.1, -0.05) is 78.9 Å². The molecule has 0 amide bonds. The van der Waals surface area contributed by atoms with Crippen molar-refractivity contribution in [2.45, 2.75) is 25.7 Å². The molecule has 0 saturated carbocycles. The third kappa shape index (κ3) is 3.72. The van der Waals surface area contributed by atoms with Gasteiger partial charge in [-0.15, -0.1) is 0 Å². The van der Waals surface area contributed by atoms with E-state index in [1.165, 1.54) is 49.3 Å². The predicted molar refractivity (Wildman–Crippen MR) is 172 cm³/mol. The van der Waals surface area contributed by atoms with E-state index in [-0.39, 0.29) is 0 Å². The molecule has 1 heterocycles. The highest BCUT2D eigenvalue weighted by Gasteiger charge is 2.24. The fourth-order valence-corrected chi connectivity index (χ4v) is 6.99. The van der Waals surface area contributed by atoms with Crippen LogP contribution in [0.5, 0.6) is 0 Å². The lowest BCUT2D eigenvalue weighted by atomic mass is 9.91. The molecule has 0 unspecified atom stereocenters. The van der Waals surface area contributed by atoms with Crippen molar-refractivity contribution in [3.05, 3.63) is 132 Å². The van der Waals surface area contributed by atoms with E-state index in [4.69, 9.17) is 0 Å². The third-order valence-electron chi connectivity index (χ3n) is 8.81. The van der Waals surface area contributed by atoms with Crippen LogP contribution < -0.4 is 9.80 Å². The summed E-state index contributed by atoms with van der Waals surface area (Å²) >= 11 is 0. The van der Waals surface area contributed by atoms with Gasteiger partial charge in [-0.2, -0.15) is 5.26 Å². The second-order valence-electron chi connectivity index (χ2n) is 11.1. The normalized spacial score (nSPS) is 15.0. The molecule has 8 rings (SSSR count). The zero-order valence-electron chi connectivity index (χ0n) is 22.8. The summed E-state index contributed by atoms with van der Waals surface area (Å²) in [5.41, 5.74) is 8.01. The molecule has 3 heteroatoms. The van der Waals surface area contributed by atoms with Crippen LogP contribution in [0.1, 0.15) is 24.8 Å². The van der Waals surface area contributed by atoms with Crippen molar-refractivity contribution in [3.8, 4) is 6.07 Å². The van der Waals surface area contributed by atoms with Gasteiger partial charge in [0, 0.05) is 40.1 Å². The van der Waals surface area contributed by atoms with E-state index in [0.717, 1.165) is 54.9 Å². The molecule has 0 spiro atoms. The van der Waals surface area contributed by atoms with Crippen molar-refractivity contribution < 1.29 is 0 Å². The second-order valence-corrected chi connectivity index (χ2v) is 11.1. The van der Waals surface area contributed by atoms with Gasteiger partial charge in [0.15, 0.2) is 0 Å². The Morgan fingerprint density at radius 3 is 2.27 bits per heavy atom. The highest BCUT2D eigenvalue weighted by atomic mass is 15.2. The Morgan fingerprint density at radius 1 is 0.683 bits per heavy atom. The number of hydrogen-bond acceptors (Lipinski definition) is 3. The Morgan fingerprint density at radius 2 is 1.41 bits per heavy atom. The van der Waals surface area contributed by atoms with Crippen molar-refractivity contribution in [2.75, 3.05) is 16.3 Å². The lowest BCUT2D eigenvalue weighted by Gasteiger charge is -2.33. The fraction of sp³-hybridized carbons (Fsp3) is 0.132.